The van der Waals surface area contributed by atoms with Gasteiger partial charge in [-0.3, -0.25) is 5.01 Å². The molecular formula is C12H15N3S. The predicted octanol–water partition coefficient (Wildman–Crippen LogP) is 2.72. The maximum atomic E-state index is 3.35. The van der Waals surface area contributed by atoms with Crippen molar-refractivity contribution in [2.75, 3.05) is 11.6 Å². The molecule has 3 nitrogen and oxygen atoms in total. The molecule has 0 aromatic heterocycles. The van der Waals surface area contributed by atoms with Crippen LogP contribution >= 0.6 is 11.8 Å². The fourth-order valence-corrected chi connectivity index (χ4v) is 3.07. The number of fused-ring (bicyclic) bond motifs is 3. The molecule has 1 aromatic rings. The first-order valence-corrected chi connectivity index (χ1v) is 6.49. The summed E-state index contributed by atoms with van der Waals surface area (Å²) in [5.74, 6) is 0. The Morgan fingerprint density at radius 2 is 2.19 bits per heavy atom. The summed E-state index contributed by atoms with van der Waals surface area (Å²) in [5, 5.41) is 5.52. The van der Waals surface area contributed by atoms with Gasteiger partial charge in [0, 0.05) is 17.6 Å². The number of anilines is 1. The van der Waals surface area contributed by atoms with E-state index in [0.29, 0.717) is 0 Å². The van der Waals surface area contributed by atoms with Crippen LogP contribution < -0.4 is 10.5 Å². The van der Waals surface area contributed by atoms with E-state index in [2.05, 4.69) is 53.8 Å². The summed E-state index contributed by atoms with van der Waals surface area (Å²) in [4.78, 5) is 1.36. The molecule has 0 amide bonds. The zero-order chi connectivity index (χ0) is 11.1. The molecule has 1 N–H and O–H groups in total. The highest BCUT2D eigenvalue weighted by Crippen LogP contribution is 2.46. The molecule has 0 saturated carbocycles. The first-order valence-electron chi connectivity index (χ1n) is 5.67. The Bertz CT molecular complexity index is 456. The van der Waals surface area contributed by atoms with Crippen LogP contribution in [0, 0.1) is 0 Å². The van der Waals surface area contributed by atoms with Crippen molar-refractivity contribution in [1.82, 2.24) is 10.5 Å². The first kappa shape index (κ1) is 10.1. The molecule has 0 bridgehead atoms. The minimum atomic E-state index is 0.975. The van der Waals surface area contributed by atoms with Crippen molar-refractivity contribution in [3.8, 4) is 0 Å². The summed E-state index contributed by atoms with van der Waals surface area (Å²) in [6.45, 7) is 5.31. The van der Waals surface area contributed by atoms with E-state index in [9.17, 15) is 0 Å². The first-order chi connectivity index (χ1) is 7.81. The number of benzene rings is 1. The van der Waals surface area contributed by atoms with Crippen LogP contribution in [-0.4, -0.2) is 11.6 Å². The number of rotatable bonds is 2. The molecule has 0 radical (unpaired) electrons. The Kier molecular flexibility index (Phi) is 2.33. The topological polar surface area (TPSA) is 18.5 Å². The van der Waals surface area contributed by atoms with Gasteiger partial charge in [0.1, 0.15) is 5.03 Å². The molecule has 0 saturated heterocycles. The molecule has 2 aliphatic heterocycles. The third-order valence-corrected chi connectivity index (χ3v) is 3.99. The Morgan fingerprint density at radius 1 is 1.31 bits per heavy atom. The van der Waals surface area contributed by atoms with Gasteiger partial charge in [-0.25, -0.2) is 5.01 Å². The Morgan fingerprint density at radius 3 is 2.94 bits per heavy atom. The number of thioether (sulfide) groups is 1. The van der Waals surface area contributed by atoms with Crippen molar-refractivity contribution >= 4 is 17.4 Å². The van der Waals surface area contributed by atoms with Crippen molar-refractivity contribution in [2.45, 2.75) is 25.2 Å². The van der Waals surface area contributed by atoms with E-state index in [-0.39, 0.29) is 0 Å². The van der Waals surface area contributed by atoms with E-state index in [1.165, 1.54) is 21.2 Å². The molecule has 0 spiro atoms. The van der Waals surface area contributed by atoms with Gasteiger partial charge in [0.05, 0.1) is 5.69 Å². The predicted molar refractivity (Wildman–Crippen MR) is 67.8 cm³/mol. The molecule has 0 atom stereocenters. The molecule has 3 rings (SSSR count). The Hall–Kier alpha value is -1.13. The van der Waals surface area contributed by atoms with Crippen molar-refractivity contribution in [3.05, 3.63) is 35.0 Å². The number of hydrogen-bond acceptors (Lipinski definition) is 4. The third-order valence-electron chi connectivity index (χ3n) is 2.94. The maximum absolute atomic E-state index is 3.35. The summed E-state index contributed by atoms with van der Waals surface area (Å²) >= 11 is 1.84. The van der Waals surface area contributed by atoms with Gasteiger partial charge in [-0.2, -0.15) is 0 Å². The second-order valence-corrected chi connectivity index (χ2v) is 5.01. The highest BCUT2D eigenvalue weighted by Gasteiger charge is 2.30. The molecule has 16 heavy (non-hydrogen) atoms. The number of aryl methyl sites for hydroxylation is 1. The van der Waals surface area contributed by atoms with Crippen molar-refractivity contribution in [2.24, 2.45) is 0 Å². The summed E-state index contributed by atoms with van der Waals surface area (Å²) in [6.07, 6.45) is 3.26. The lowest BCUT2D eigenvalue weighted by atomic mass is 10.1. The third kappa shape index (κ3) is 1.41. The SMILES string of the molecule is CCc1ccc2c(c1)SC1=CN(CC)NN12. The van der Waals surface area contributed by atoms with Gasteiger partial charge in [-0.05, 0) is 31.0 Å². The van der Waals surface area contributed by atoms with Crippen LogP contribution in [0.1, 0.15) is 19.4 Å². The van der Waals surface area contributed by atoms with Gasteiger partial charge >= 0.3 is 0 Å². The summed E-state index contributed by atoms with van der Waals surface area (Å²) in [7, 11) is 0. The lowest BCUT2D eigenvalue weighted by Crippen LogP contribution is -2.39. The van der Waals surface area contributed by atoms with Crippen LogP contribution in [0.15, 0.2) is 34.3 Å². The molecule has 0 fully saturated rings. The maximum Gasteiger partial charge on any atom is 0.115 e. The number of hydrogen-bond donors (Lipinski definition) is 1. The quantitative estimate of drug-likeness (QED) is 0.846. The fourth-order valence-electron chi connectivity index (χ4n) is 1.96. The zero-order valence-electron chi connectivity index (χ0n) is 9.53. The van der Waals surface area contributed by atoms with Gasteiger partial charge in [-0.1, -0.05) is 24.8 Å². The fraction of sp³-hybridized carbons (Fsp3) is 0.333. The smallest absolute Gasteiger partial charge is 0.115 e. The van der Waals surface area contributed by atoms with E-state index in [0.717, 1.165) is 13.0 Å². The van der Waals surface area contributed by atoms with E-state index in [1.807, 2.05) is 11.8 Å². The number of nitrogens with one attached hydrogen (secondary N) is 1. The van der Waals surface area contributed by atoms with E-state index in [4.69, 9.17) is 0 Å². The monoisotopic (exact) mass is 233 g/mol. The van der Waals surface area contributed by atoms with E-state index >= 15 is 0 Å². The second-order valence-electron chi connectivity index (χ2n) is 3.95. The summed E-state index contributed by atoms with van der Waals surface area (Å²) in [6, 6.07) is 6.70. The lowest BCUT2D eigenvalue weighted by molar-refractivity contribution is 0.310. The highest BCUT2D eigenvalue weighted by molar-refractivity contribution is 8.03. The zero-order valence-corrected chi connectivity index (χ0v) is 10.3. The van der Waals surface area contributed by atoms with Crippen LogP contribution in [0.5, 0.6) is 0 Å². The molecule has 2 heterocycles. The average molecular weight is 233 g/mol. The molecular weight excluding hydrogens is 218 g/mol. The van der Waals surface area contributed by atoms with Crippen LogP contribution in [0.3, 0.4) is 0 Å². The molecule has 1 aromatic carbocycles. The second kappa shape index (κ2) is 3.71. The van der Waals surface area contributed by atoms with Crippen LogP contribution in [0.25, 0.3) is 0 Å². The van der Waals surface area contributed by atoms with Gasteiger partial charge < -0.3 is 0 Å². The molecule has 84 valence electrons. The van der Waals surface area contributed by atoms with E-state index in [1.54, 1.807) is 0 Å². The van der Waals surface area contributed by atoms with Crippen molar-refractivity contribution < 1.29 is 0 Å². The van der Waals surface area contributed by atoms with Crippen LogP contribution in [0.2, 0.25) is 0 Å². The van der Waals surface area contributed by atoms with Gasteiger partial charge in [0.25, 0.3) is 0 Å². The van der Waals surface area contributed by atoms with E-state index < -0.39 is 0 Å². The Labute approximate surface area is 100 Å². The average Bonchev–Trinajstić information content (AvgIpc) is 2.84. The number of nitrogens with zero attached hydrogens (tertiary/aromatic N) is 2. The minimum absolute atomic E-state index is 0.975. The largest absolute Gasteiger partial charge is 0.295 e. The van der Waals surface area contributed by atoms with Crippen molar-refractivity contribution in [1.29, 1.82) is 0 Å². The van der Waals surface area contributed by atoms with Crippen LogP contribution in [0.4, 0.5) is 5.69 Å². The van der Waals surface area contributed by atoms with Gasteiger partial charge in [0.15, 0.2) is 0 Å². The highest BCUT2D eigenvalue weighted by atomic mass is 32.2. The van der Waals surface area contributed by atoms with Gasteiger partial charge in [0.2, 0.25) is 0 Å². The molecule has 0 unspecified atom stereocenters. The summed E-state index contributed by atoms with van der Waals surface area (Å²) in [5.41, 5.74) is 6.02. The summed E-state index contributed by atoms with van der Waals surface area (Å²) < 4.78 is 0. The molecule has 0 aliphatic carbocycles. The Balaban J connectivity index is 1.95. The standard InChI is InChI=1S/C12H15N3S/c1-3-9-5-6-10-11(7-9)16-12-8-14(4-2)13-15(10)12/h5-8,13H,3-4H2,1-2H3. The molecule has 4 heteroatoms. The van der Waals surface area contributed by atoms with Crippen molar-refractivity contribution in [3.63, 3.8) is 0 Å². The van der Waals surface area contributed by atoms with Gasteiger partial charge in [-0.15, -0.1) is 5.53 Å². The molecule has 2 aliphatic rings. The number of hydrazine groups is 2. The normalized spacial score (nSPS) is 17.5. The minimum Gasteiger partial charge on any atom is -0.295 e. The lowest BCUT2D eigenvalue weighted by Gasteiger charge is -2.20. The van der Waals surface area contributed by atoms with Crippen LogP contribution in [-0.2, 0) is 6.42 Å².